The minimum absolute atomic E-state index is 0.157. The molecule has 0 fully saturated rings. The van der Waals surface area contributed by atoms with Crippen molar-refractivity contribution in [1.29, 1.82) is 0 Å². The van der Waals surface area contributed by atoms with Crippen LogP contribution >= 0.6 is 11.6 Å². The van der Waals surface area contributed by atoms with E-state index < -0.39 is 22.0 Å². The highest BCUT2D eigenvalue weighted by molar-refractivity contribution is 7.92. The van der Waals surface area contributed by atoms with E-state index in [1.807, 2.05) is 0 Å². The number of ether oxygens (including phenoxy) is 1. The lowest BCUT2D eigenvalue weighted by Crippen LogP contribution is -2.48. The second kappa shape index (κ2) is 9.05. The van der Waals surface area contributed by atoms with Crippen molar-refractivity contribution >= 4 is 33.2 Å². The summed E-state index contributed by atoms with van der Waals surface area (Å²) in [6.45, 7) is 1.81. The Morgan fingerprint density at radius 2 is 1.78 bits per heavy atom. The first-order chi connectivity index (χ1) is 12.7. The molecule has 0 aliphatic heterocycles. The number of sulfonamides is 1. The smallest absolute Gasteiger partial charge is 0.243 e. The minimum atomic E-state index is -3.69. The number of carbonyl (C=O) groups excluding carboxylic acids is 1. The van der Waals surface area contributed by atoms with Crippen molar-refractivity contribution in [3.63, 3.8) is 0 Å². The van der Waals surface area contributed by atoms with E-state index in [1.54, 1.807) is 12.1 Å². The van der Waals surface area contributed by atoms with E-state index in [-0.39, 0.29) is 19.0 Å². The third-order valence-electron chi connectivity index (χ3n) is 3.65. The predicted molar refractivity (Wildman–Crippen MR) is 103 cm³/mol. The van der Waals surface area contributed by atoms with Crippen molar-refractivity contribution in [1.82, 2.24) is 5.32 Å². The summed E-state index contributed by atoms with van der Waals surface area (Å²) in [6, 6.07) is 10.7. The fourth-order valence-corrected chi connectivity index (χ4v) is 3.72. The van der Waals surface area contributed by atoms with Crippen LogP contribution in [0.25, 0.3) is 0 Å². The molecule has 0 unspecified atom stereocenters. The van der Waals surface area contributed by atoms with E-state index in [1.165, 1.54) is 43.3 Å². The monoisotopic (exact) mass is 414 g/mol. The number of nitrogens with one attached hydrogen (secondary N) is 1. The van der Waals surface area contributed by atoms with E-state index in [4.69, 9.17) is 16.3 Å². The number of carbonyl (C=O) groups is 1. The lowest BCUT2D eigenvalue weighted by molar-refractivity contribution is -0.121. The minimum Gasteiger partial charge on any atom is -0.492 e. The molecule has 9 heteroatoms. The van der Waals surface area contributed by atoms with Crippen molar-refractivity contribution in [3.05, 3.63) is 59.4 Å². The van der Waals surface area contributed by atoms with Gasteiger partial charge in [-0.3, -0.25) is 9.10 Å². The van der Waals surface area contributed by atoms with Crippen molar-refractivity contribution < 1.29 is 22.3 Å². The summed E-state index contributed by atoms with van der Waals surface area (Å²) in [5.41, 5.74) is 0.340. The van der Waals surface area contributed by atoms with Gasteiger partial charge in [0, 0.05) is 5.02 Å². The van der Waals surface area contributed by atoms with Gasteiger partial charge in [-0.15, -0.1) is 0 Å². The highest BCUT2D eigenvalue weighted by Gasteiger charge is 2.28. The van der Waals surface area contributed by atoms with Crippen LogP contribution in [-0.2, 0) is 14.8 Å². The van der Waals surface area contributed by atoms with Crippen LogP contribution < -0.4 is 14.4 Å². The molecule has 1 N–H and O–H groups in total. The second-order valence-electron chi connectivity index (χ2n) is 5.80. The van der Waals surface area contributed by atoms with Gasteiger partial charge in [0.1, 0.15) is 24.2 Å². The largest absolute Gasteiger partial charge is 0.492 e. The molecule has 2 aromatic rings. The van der Waals surface area contributed by atoms with Crippen LogP contribution in [0.5, 0.6) is 5.75 Å². The van der Waals surface area contributed by atoms with E-state index in [9.17, 15) is 17.6 Å². The zero-order chi connectivity index (χ0) is 20.0. The zero-order valence-corrected chi connectivity index (χ0v) is 16.4. The maximum Gasteiger partial charge on any atom is 0.243 e. The van der Waals surface area contributed by atoms with Gasteiger partial charge in [-0.1, -0.05) is 11.6 Å². The van der Waals surface area contributed by atoms with Crippen LogP contribution in [0.4, 0.5) is 10.1 Å². The van der Waals surface area contributed by atoms with Crippen LogP contribution in [0.3, 0.4) is 0 Å². The average molecular weight is 415 g/mol. The highest BCUT2D eigenvalue weighted by Crippen LogP contribution is 2.23. The van der Waals surface area contributed by atoms with Gasteiger partial charge in [0.25, 0.3) is 0 Å². The Labute approximate surface area is 162 Å². The maximum absolute atomic E-state index is 12.8. The van der Waals surface area contributed by atoms with Crippen molar-refractivity contribution in [2.45, 2.75) is 13.0 Å². The summed E-state index contributed by atoms with van der Waals surface area (Å²) in [7, 11) is -3.69. The number of benzene rings is 2. The summed E-state index contributed by atoms with van der Waals surface area (Å²) in [5.74, 6) is -0.372. The Balaban J connectivity index is 1.96. The summed E-state index contributed by atoms with van der Waals surface area (Å²) in [5, 5.41) is 3.09. The topological polar surface area (TPSA) is 75.7 Å². The zero-order valence-electron chi connectivity index (χ0n) is 14.9. The number of nitrogens with zero attached hydrogens (tertiary/aromatic N) is 1. The fraction of sp³-hybridized carbons (Fsp3) is 0.278. The lowest BCUT2D eigenvalue weighted by atomic mass is 10.2. The molecule has 0 aliphatic rings. The highest BCUT2D eigenvalue weighted by atomic mass is 35.5. The van der Waals surface area contributed by atoms with Crippen LogP contribution in [0.2, 0.25) is 5.02 Å². The van der Waals surface area contributed by atoms with Crippen LogP contribution in [-0.4, -0.2) is 39.8 Å². The van der Waals surface area contributed by atoms with E-state index >= 15 is 0 Å². The average Bonchev–Trinajstić information content (AvgIpc) is 2.60. The number of hydrogen-bond acceptors (Lipinski definition) is 4. The Kier molecular flexibility index (Phi) is 7.04. The van der Waals surface area contributed by atoms with E-state index in [0.717, 1.165) is 10.6 Å². The standard InChI is InChI=1S/C18H20ClFN2O4S/c1-13(22(27(2,24)25)16-7-3-14(19)4-8-16)18(23)21-11-12-26-17-9-5-15(20)6-10-17/h3-10,13H,11-12H2,1-2H3,(H,21,23)/t13-/m1/s1. The van der Waals surface area contributed by atoms with E-state index in [0.29, 0.717) is 16.5 Å². The van der Waals surface area contributed by atoms with Gasteiger partial charge in [0.2, 0.25) is 15.9 Å². The molecule has 0 spiro atoms. The molecule has 27 heavy (non-hydrogen) atoms. The molecule has 0 saturated carbocycles. The van der Waals surface area contributed by atoms with E-state index in [2.05, 4.69) is 5.32 Å². The number of halogens is 2. The summed E-state index contributed by atoms with van der Waals surface area (Å²) in [6.07, 6.45) is 1.03. The third-order valence-corrected chi connectivity index (χ3v) is 5.15. The third kappa shape index (κ3) is 6.11. The Hall–Kier alpha value is -2.32. The Bertz CT molecular complexity index is 873. The number of amides is 1. The second-order valence-corrected chi connectivity index (χ2v) is 8.10. The molecule has 0 radical (unpaired) electrons. The molecule has 1 atom stereocenters. The van der Waals surface area contributed by atoms with Crippen LogP contribution in [0, 0.1) is 5.82 Å². The van der Waals surface area contributed by atoms with Gasteiger partial charge in [0.05, 0.1) is 18.5 Å². The fourth-order valence-electron chi connectivity index (χ4n) is 2.42. The summed E-state index contributed by atoms with van der Waals surface area (Å²) >= 11 is 5.83. The van der Waals surface area contributed by atoms with Gasteiger partial charge in [-0.05, 0) is 55.5 Å². The molecule has 0 aliphatic carbocycles. The molecular weight excluding hydrogens is 395 g/mol. The molecule has 2 rings (SSSR count). The first-order valence-electron chi connectivity index (χ1n) is 8.09. The summed E-state index contributed by atoms with van der Waals surface area (Å²) < 4.78 is 43.6. The molecule has 0 heterocycles. The number of anilines is 1. The number of rotatable bonds is 8. The molecule has 0 bridgehead atoms. The Morgan fingerprint density at radius 3 is 2.33 bits per heavy atom. The normalized spacial score (nSPS) is 12.3. The molecule has 0 saturated heterocycles. The Morgan fingerprint density at radius 1 is 1.19 bits per heavy atom. The molecule has 1 amide bonds. The van der Waals surface area contributed by atoms with Gasteiger partial charge >= 0.3 is 0 Å². The number of hydrogen-bond donors (Lipinski definition) is 1. The van der Waals surface area contributed by atoms with Gasteiger partial charge in [-0.25, -0.2) is 12.8 Å². The van der Waals surface area contributed by atoms with Crippen LogP contribution in [0.15, 0.2) is 48.5 Å². The first-order valence-corrected chi connectivity index (χ1v) is 10.3. The van der Waals surface area contributed by atoms with Gasteiger partial charge < -0.3 is 10.1 Å². The maximum atomic E-state index is 12.8. The molecular formula is C18H20ClFN2O4S. The predicted octanol–water partition coefficient (Wildman–Crippen LogP) is 2.83. The quantitative estimate of drug-likeness (QED) is 0.674. The van der Waals surface area contributed by atoms with Gasteiger partial charge in [0.15, 0.2) is 0 Å². The molecule has 0 aromatic heterocycles. The summed E-state index contributed by atoms with van der Waals surface area (Å²) in [4.78, 5) is 12.4. The van der Waals surface area contributed by atoms with Crippen molar-refractivity contribution in [2.24, 2.45) is 0 Å². The van der Waals surface area contributed by atoms with Crippen molar-refractivity contribution in [3.8, 4) is 5.75 Å². The van der Waals surface area contributed by atoms with Crippen LogP contribution in [0.1, 0.15) is 6.92 Å². The first kappa shape index (κ1) is 21.0. The molecule has 2 aromatic carbocycles. The SMILES string of the molecule is C[C@H](C(=O)NCCOc1ccc(F)cc1)N(c1ccc(Cl)cc1)S(C)(=O)=O. The van der Waals surface area contributed by atoms with Crippen molar-refractivity contribution in [2.75, 3.05) is 23.7 Å². The lowest BCUT2D eigenvalue weighted by Gasteiger charge is -2.28. The van der Waals surface area contributed by atoms with Gasteiger partial charge in [-0.2, -0.15) is 0 Å². The molecule has 146 valence electrons. The molecule has 6 nitrogen and oxygen atoms in total.